The number of aryl methyl sites for hydroxylation is 1. The van der Waals surface area contributed by atoms with Crippen molar-refractivity contribution < 1.29 is 4.79 Å². The molecule has 0 fully saturated rings. The Labute approximate surface area is 177 Å². The highest BCUT2D eigenvalue weighted by Crippen LogP contribution is 2.09. The SMILES string of the molecule is CCc1cccc(-n2c(=O)/c(=C\c3ccc(C#N)cc3)s/c2=C(/C#N)C(=O)NC)c1. The van der Waals surface area contributed by atoms with E-state index in [-0.39, 0.29) is 15.8 Å². The number of rotatable bonds is 4. The highest BCUT2D eigenvalue weighted by Gasteiger charge is 2.16. The van der Waals surface area contributed by atoms with E-state index in [1.165, 1.54) is 11.6 Å². The van der Waals surface area contributed by atoms with E-state index in [9.17, 15) is 14.9 Å². The van der Waals surface area contributed by atoms with Crippen molar-refractivity contribution in [3.63, 3.8) is 0 Å². The molecule has 1 amide bonds. The molecule has 2 aromatic carbocycles. The number of nitrogens with zero attached hydrogens (tertiary/aromatic N) is 3. The number of nitriles is 2. The van der Waals surface area contributed by atoms with Gasteiger partial charge in [0.15, 0.2) is 5.57 Å². The number of amides is 1. The number of hydrogen-bond acceptors (Lipinski definition) is 5. The maximum absolute atomic E-state index is 13.3. The number of aromatic nitrogens is 1. The van der Waals surface area contributed by atoms with Crippen LogP contribution in [-0.2, 0) is 11.2 Å². The fraction of sp³-hybridized carbons (Fsp3) is 0.130. The standard InChI is InChI=1S/C23H18N4O2S/c1-3-15-5-4-6-18(11-15)27-22(29)20(12-16-7-9-17(13-24)10-8-16)30-23(27)19(14-25)21(28)26-2/h4-12H,3H2,1-2H3,(H,26,28)/b20-12+,23-19-. The van der Waals surface area contributed by atoms with E-state index in [1.807, 2.05) is 31.2 Å². The van der Waals surface area contributed by atoms with Crippen LogP contribution in [0.1, 0.15) is 23.6 Å². The van der Waals surface area contributed by atoms with Gasteiger partial charge in [0.05, 0.1) is 21.9 Å². The van der Waals surface area contributed by atoms with Crippen molar-refractivity contribution in [3.8, 4) is 17.8 Å². The molecule has 1 aromatic heterocycles. The van der Waals surface area contributed by atoms with Crippen LogP contribution in [-0.4, -0.2) is 17.5 Å². The Morgan fingerprint density at radius 1 is 1.20 bits per heavy atom. The predicted octanol–water partition coefficient (Wildman–Crippen LogP) is 1.58. The quantitative estimate of drug-likeness (QED) is 0.701. The molecule has 148 valence electrons. The van der Waals surface area contributed by atoms with Crippen LogP contribution in [0.2, 0.25) is 0 Å². The zero-order valence-corrected chi connectivity index (χ0v) is 17.3. The molecule has 6 nitrogen and oxygen atoms in total. The molecule has 0 spiro atoms. The lowest BCUT2D eigenvalue weighted by Gasteiger charge is -2.05. The molecular weight excluding hydrogens is 396 g/mol. The number of thiazole rings is 1. The summed E-state index contributed by atoms with van der Waals surface area (Å²) < 4.78 is 2.07. The molecule has 0 saturated heterocycles. The Morgan fingerprint density at radius 3 is 2.53 bits per heavy atom. The molecule has 7 heteroatoms. The van der Waals surface area contributed by atoms with E-state index in [2.05, 4.69) is 11.4 Å². The van der Waals surface area contributed by atoms with Crippen LogP contribution in [0.3, 0.4) is 0 Å². The predicted molar refractivity (Wildman–Crippen MR) is 116 cm³/mol. The zero-order valence-electron chi connectivity index (χ0n) is 16.5. The minimum absolute atomic E-state index is 0.124. The second kappa shape index (κ2) is 9.04. The highest BCUT2D eigenvalue weighted by atomic mass is 32.1. The van der Waals surface area contributed by atoms with Crippen molar-refractivity contribution in [1.82, 2.24) is 9.88 Å². The third-order valence-electron chi connectivity index (χ3n) is 4.52. The summed E-state index contributed by atoms with van der Waals surface area (Å²) in [4.78, 5) is 25.6. The molecule has 0 radical (unpaired) electrons. The smallest absolute Gasteiger partial charge is 0.273 e. The fourth-order valence-electron chi connectivity index (χ4n) is 2.93. The molecule has 0 atom stereocenters. The lowest BCUT2D eigenvalue weighted by molar-refractivity contribution is -0.115. The van der Waals surface area contributed by atoms with Gasteiger partial charge in [0, 0.05) is 7.05 Å². The topological polar surface area (TPSA) is 98.7 Å². The first-order valence-corrected chi connectivity index (χ1v) is 10.0. The van der Waals surface area contributed by atoms with E-state index in [0.29, 0.717) is 15.8 Å². The van der Waals surface area contributed by atoms with Gasteiger partial charge >= 0.3 is 0 Å². The van der Waals surface area contributed by atoms with Crippen molar-refractivity contribution in [3.05, 3.63) is 84.8 Å². The van der Waals surface area contributed by atoms with Gasteiger partial charge in [0.25, 0.3) is 11.5 Å². The molecular formula is C23H18N4O2S. The van der Waals surface area contributed by atoms with Crippen LogP contribution >= 0.6 is 11.3 Å². The van der Waals surface area contributed by atoms with E-state index >= 15 is 0 Å². The molecule has 0 bridgehead atoms. The van der Waals surface area contributed by atoms with Gasteiger partial charge in [-0.05, 0) is 47.9 Å². The fourth-order valence-corrected chi connectivity index (χ4v) is 4.03. The number of nitrogens with one attached hydrogen (secondary N) is 1. The summed E-state index contributed by atoms with van der Waals surface area (Å²) in [6, 6.07) is 18.3. The first kappa shape index (κ1) is 20.8. The summed E-state index contributed by atoms with van der Waals surface area (Å²) in [5.41, 5.74) is 2.46. The molecule has 3 rings (SSSR count). The van der Waals surface area contributed by atoms with E-state index < -0.39 is 5.91 Å². The van der Waals surface area contributed by atoms with Crippen LogP contribution in [0.25, 0.3) is 17.3 Å². The Bertz CT molecular complexity index is 1370. The summed E-state index contributed by atoms with van der Waals surface area (Å²) in [5, 5.41) is 21.0. The number of benzene rings is 2. The van der Waals surface area contributed by atoms with Gasteiger partial charge in [-0.3, -0.25) is 14.2 Å². The average Bonchev–Trinajstić information content (AvgIpc) is 3.10. The number of hydrogen-bond donors (Lipinski definition) is 1. The summed E-state index contributed by atoms with van der Waals surface area (Å²) >= 11 is 1.09. The van der Waals surface area contributed by atoms with Crippen molar-refractivity contribution >= 4 is 28.9 Å². The van der Waals surface area contributed by atoms with Gasteiger partial charge < -0.3 is 5.32 Å². The van der Waals surface area contributed by atoms with Crippen LogP contribution < -0.4 is 20.1 Å². The molecule has 30 heavy (non-hydrogen) atoms. The Morgan fingerprint density at radius 2 is 1.93 bits per heavy atom. The van der Waals surface area contributed by atoms with E-state index in [1.54, 1.807) is 36.4 Å². The van der Waals surface area contributed by atoms with Gasteiger partial charge in [0.1, 0.15) is 10.7 Å². The minimum Gasteiger partial charge on any atom is -0.354 e. The first-order chi connectivity index (χ1) is 14.5. The van der Waals surface area contributed by atoms with Gasteiger partial charge in [0.2, 0.25) is 0 Å². The van der Waals surface area contributed by atoms with Crippen LogP contribution in [0, 0.1) is 22.7 Å². The second-order valence-corrected chi connectivity index (χ2v) is 7.41. The summed E-state index contributed by atoms with van der Waals surface area (Å²) in [5.74, 6) is -0.552. The molecule has 0 saturated carbocycles. The van der Waals surface area contributed by atoms with Crippen molar-refractivity contribution in [1.29, 1.82) is 10.5 Å². The summed E-state index contributed by atoms with van der Waals surface area (Å²) in [6.45, 7) is 2.01. The molecule has 1 N–H and O–H groups in total. The van der Waals surface area contributed by atoms with Crippen molar-refractivity contribution in [2.24, 2.45) is 0 Å². The largest absolute Gasteiger partial charge is 0.354 e. The average molecular weight is 414 g/mol. The van der Waals surface area contributed by atoms with Gasteiger partial charge in [-0.2, -0.15) is 10.5 Å². The number of carbonyl (C=O) groups is 1. The lowest BCUT2D eigenvalue weighted by Crippen LogP contribution is -2.33. The molecule has 1 heterocycles. The minimum atomic E-state index is -0.552. The van der Waals surface area contributed by atoms with Crippen LogP contribution in [0.4, 0.5) is 0 Å². The first-order valence-electron chi connectivity index (χ1n) is 9.22. The van der Waals surface area contributed by atoms with E-state index in [4.69, 9.17) is 5.26 Å². The Kier molecular flexibility index (Phi) is 6.26. The van der Waals surface area contributed by atoms with Crippen LogP contribution in [0.5, 0.6) is 0 Å². The van der Waals surface area contributed by atoms with Crippen molar-refractivity contribution in [2.75, 3.05) is 7.05 Å². The lowest BCUT2D eigenvalue weighted by atomic mass is 10.1. The summed E-state index contributed by atoms with van der Waals surface area (Å²) in [7, 11) is 1.44. The normalized spacial score (nSPS) is 12.1. The van der Waals surface area contributed by atoms with Crippen LogP contribution in [0.15, 0.2) is 53.3 Å². The maximum Gasteiger partial charge on any atom is 0.273 e. The molecule has 0 unspecified atom stereocenters. The van der Waals surface area contributed by atoms with Gasteiger partial charge in [-0.15, -0.1) is 11.3 Å². The van der Waals surface area contributed by atoms with Gasteiger partial charge in [-0.1, -0.05) is 31.2 Å². The van der Waals surface area contributed by atoms with E-state index in [0.717, 1.165) is 28.9 Å². The second-order valence-electron chi connectivity index (χ2n) is 6.38. The summed E-state index contributed by atoms with van der Waals surface area (Å²) in [6.07, 6.45) is 2.48. The highest BCUT2D eigenvalue weighted by molar-refractivity contribution is 7.07. The zero-order chi connectivity index (χ0) is 21.7. The monoisotopic (exact) mass is 414 g/mol. The third kappa shape index (κ3) is 4.07. The molecule has 3 aromatic rings. The number of carbonyl (C=O) groups excluding carboxylic acids is 1. The van der Waals surface area contributed by atoms with Gasteiger partial charge in [-0.25, -0.2) is 0 Å². The maximum atomic E-state index is 13.3. The molecule has 0 aliphatic carbocycles. The Hall–Kier alpha value is -3.94. The van der Waals surface area contributed by atoms with Crippen molar-refractivity contribution in [2.45, 2.75) is 13.3 Å². The third-order valence-corrected chi connectivity index (χ3v) is 5.61. The Balaban J connectivity index is 2.38. The molecule has 0 aliphatic heterocycles. The molecule has 0 aliphatic rings.